The van der Waals surface area contributed by atoms with Crippen LogP contribution in [0.25, 0.3) is 0 Å². The molecular formula is C13H26N2O4. The summed E-state index contributed by atoms with van der Waals surface area (Å²) in [5, 5.41) is 8.87. The molecule has 0 spiro atoms. The van der Waals surface area contributed by atoms with Crippen LogP contribution in [0, 0.1) is 5.92 Å². The second-order valence-electron chi connectivity index (χ2n) is 4.90. The van der Waals surface area contributed by atoms with Crippen molar-refractivity contribution in [3.63, 3.8) is 0 Å². The van der Waals surface area contributed by atoms with E-state index in [1.165, 1.54) is 9.80 Å². The van der Waals surface area contributed by atoms with E-state index in [1.54, 1.807) is 14.1 Å². The number of rotatable bonds is 7. The largest absolute Gasteiger partial charge is 0.449 e. The molecule has 0 fully saturated rings. The first-order chi connectivity index (χ1) is 8.86. The Labute approximate surface area is 115 Å². The van der Waals surface area contributed by atoms with Crippen LogP contribution in [0.4, 0.5) is 4.79 Å². The van der Waals surface area contributed by atoms with E-state index in [0.29, 0.717) is 6.61 Å². The van der Waals surface area contributed by atoms with Gasteiger partial charge < -0.3 is 14.7 Å². The second-order valence-corrected chi connectivity index (χ2v) is 4.90. The van der Waals surface area contributed by atoms with Crippen LogP contribution in [-0.2, 0) is 9.53 Å². The summed E-state index contributed by atoms with van der Waals surface area (Å²) in [5.41, 5.74) is 0. The highest BCUT2D eigenvalue weighted by Gasteiger charge is 2.32. The summed E-state index contributed by atoms with van der Waals surface area (Å²) in [6.45, 7) is 6.15. The highest BCUT2D eigenvalue weighted by atomic mass is 16.6. The van der Waals surface area contributed by atoms with Crippen molar-refractivity contribution in [3.05, 3.63) is 0 Å². The minimum Gasteiger partial charge on any atom is -0.449 e. The molecule has 0 aromatic heterocycles. The van der Waals surface area contributed by atoms with Crippen LogP contribution in [0.1, 0.15) is 27.2 Å². The molecule has 0 aromatic rings. The number of likely N-dealkylation sites (N-methyl/N-ethyl adjacent to an activating group) is 2. The lowest BCUT2D eigenvalue weighted by Gasteiger charge is -2.32. The van der Waals surface area contributed by atoms with E-state index in [0.717, 1.165) is 6.42 Å². The van der Waals surface area contributed by atoms with Crippen LogP contribution < -0.4 is 0 Å². The van der Waals surface area contributed by atoms with Gasteiger partial charge in [0.25, 0.3) is 0 Å². The van der Waals surface area contributed by atoms with Crippen molar-refractivity contribution in [1.29, 1.82) is 0 Å². The van der Waals surface area contributed by atoms with Crippen molar-refractivity contribution in [2.75, 3.05) is 33.9 Å². The van der Waals surface area contributed by atoms with E-state index >= 15 is 0 Å². The van der Waals surface area contributed by atoms with Gasteiger partial charge in [-0.25, -0.2) is 4.79 Å². The topological polar surface area (TPSA) is 70.1 Å². The minimum absolute atomic E-state index is 0.0344. The van der Waals surface area contributed by atoms with Crippen LogP contribution in [0.2, 0.25) is 0 Å². The van der Waals surface area contributed by atoms with Crippen molar-refractivity contribution < 1.29 is 19.4 Å². The first-order valence-electron chi connectivity index (χ1n) is 6.62. The predicted octanol–water partition coefficient (Wildman–Crippen LogP) is 0.940. The molecular weight excluding hydrogens is 248 g/mol. The SMILES string of the molecule is CCCOC(=O)N(C)[C@@H](C(=O)N(C)CCO)C(C)C. The van der Waals surface area contributed by atoms with Crippen molar-refractivity contribution >= 4 is 12.0 Å². The fraction of sp³-hybridized carbons (Fsp3) is 0.846. The van der Waals surface area contributed by atoms with Crippen LogP contribution >= 0.6 is 0 Å². The zero-order chi connectivity index (χ0) is 15.0. The van der Waals surface area contributed by atoms with E-state index < -0.39 is 12.1 Å². The fourth-order valence-electron chi connectivity index (χ4n) is 1.79. The van der Waals surface area contributed by atoms with Gasteiger partial charge in [-0.3, -0.25) is 9.69 Å². The smallest absolute Gasteiger partial charge is 0.410 e. The number of carbonyl (C=O) groups excluding carboxylic acids is 2. The van der Waals surface area contributed by atoms with Gasteiger partial charge in [0.2, 0.25) is 5.91 Å². The Bertz CT molecular complexity index is 294. The standard InChI is InChI=1S/C13H26N2O4/c1-6-9-19-13(18)15(5)11(10(2)3)12(17)14(4)7-8-16/h10-11,16H,6-9H2,1-5H3/t11-/m1/s1. The molecule has 0 aromatic carbocycles. The quantitative estimate of drug-likeness (QED) is 0.750. The van der Waals surface area contributed by atoms with Crippen LogP contribution in [-0.4, -0.2) is 66.8 Å². The number of ether oxygens (including phenoxy) is 1. The van der Waals surface area contributed by atoms with Gasteiger partial charge in [0.15, 0.2) is 0 Å². The minimum atomic E-state index is -0.582. The lowest BCUT2D eigenvalue weighted by Crippen LogP contribution is -2.51. The summed E-state index contributed by atoms with van der Waals surface area (Å²) < 4.78 is 5.04. The molecule has 0 bridgehead atoms. The molecule has 6 nitrogen and oxygen atoms in total. The highest BCUT2D eigenvalue weighted by molar-refractivity contribution is 5.85. The molecule has 2 amide bonds. The number of nitrogens with zero attached hydrogens (tertiary/aromatic N) is 2. The van der Waals surface area contributed by atoms with E-state index in [9.17, 15) is 9.59 Å². The Morgan fingerprint density at radius 1 is 1.26 bits per heavy atom. The van der Waals surface area contributed by atoms with E-state index in [2.05, 4.69) is 0 Å². The summed E-state index contributed by atoms with van der Waals surface area (Å²) >= 11 is 0. The Morgan fingerprint density at radius 2 is 1.84 bits per heavy atom. The lowest BCUT2D eigenvalue weighted by atomic mass is 10.0. The first-order valence-corrected chi connectivity index (χ1v) is 6.62. The lowest BCUT2D eigenvalue weighted by molar-refractivity contribution is -0.136. The van der Waals surface area contributed by atoms with Crippen molar-refractivity contribution in [2.45, 2.75) is 33.2 Å². The molecule has 6 heteroatoms. The van der Waals surface area contributed by atoms with Gasteiger partial charge in [-0.2, -0.15) is 0 Å². The maximum absolute atomic E-state index is 12.3. The van der Waals surface area contributed by atoms with Gasteiger partial charge in [0.1, 0.15) is 6.04 Å². The van der Waals surface area contributed by atoms with Crippen LogP contribution in [0.3, 0.4) is 0 Å². The Hall–Kier alpha value is -1.30. The average molecular weight is 274 g/mol. The summed E-state index contributed by atoms with van der Waals surface area (Å²) in [5.74, 6) is -0.229. The average Bonchev–Trinajstić information content (AvgIpc) is 2.35. The van der Waals surface area contributed by atoms with Crippen molar-refractivity contribution in [1.82, 2.24) is 9.80 Å². The fourth-order valence-corrected chi connectivity index (χ4v) is 1.79. The molecule has 1 N–H and O–H groups in total. The summed E-state index contributed by atoms with van der Waals surface area (Å²) in [7, 11) is 3.17. The molecule has 0 saturated carbocycles. The van der Waals surface area contributed by atoms with Crippen molar-refractivity contribution in [3.8, 4) is 0 Å². The summed E-state index contributed by atoms with van der Waals surface area (Å²) in [4.78, 5) is 26.8. The zero-order valence-corrected chi connectivity index (χ0v) is 12.5. The number of hydrogen-bond acceptors (Lipinski definition) is 4. The molecule has 0 radical (unpaired) electrons. The summed E-state index contributed by atoms with van der Waals surface area (Å²) in [6, 6.07) is -0.582. The van der Waals surface area contributed by atoms with Gasteiger partial charge in [0, 0.05) is 20.6 Å². The van der Waals surface area contributed by atoms with Gasteiger partial charge >= 0.3 is 6.09 Å². The van der Waals surface area contributed by atoms with Gasteiger partial charge in [-0.1, -0.05) is 20.8 Å². The first kappa shape index (κ1) is 17.7. The van der Waals surface area contributed by atoms with Gasteiger partial charge in [0.05, 0.1) is 13.2 Å². The Kier molecular flexibility index (Phi) is 8.14. The maximum Gasteiger partial charge on any atom is 0.410 e. The highest BCUT2D eigenvalue weighted by Crippen LogP contribution is 2.13. The number of aliphatic hydroxyl groups is 1. The maximum atomic E-state index is 12.3. The zero-order valence-electron chi connectivity index (χ0n) is 12.5. The third-order valence-corrected chi connectivity index (χ3v) is 2.83. The Morgan fingerprint density at radius 3 is 2.26 bits per heavy atom. The molecule has 0 aliphatic rings. The third-order valence-electron chi connectivity index (χ3n) is 2.83. The van der Waals surface area contributed by atoms with Gasteiger partial charge in [-0.05, 0) is 12.3 Å². The molecule has 0 unspecified atom stereocenters. The van der Waals surface area contributed by atoms with Crippen LogP contribution in [0.5, 0.6) is 0 Å². The van der Waals surface area contributed by atoms with Crippen LogP contribution in [0.15, 0.2) is 0 Å². The summed E-state index contributed by atoms with van der Waals surface area (Å²) in [6.07, 6.45) is 0.246. The van der Waals surface area contributed by atoms with E-state index in [-0.39, 0.29) is 25.0 Å². The molecule has 0 heterocycles. The van der Waals surface area contributed by atoms with E-state index in [4.69, 9.17) is 9.84 Å². The molecule has 0 saturated heterocycles. The molecule has 19 heavy (non-hydrogen) atoms. The molecule has 1 atom stereocenters. The number of hydrogen-bond donors (Lipinski definition) is 1. The molecule has 0 rings (SSSR count). The van der Waals surface area contributed by atoms with E-state index in [1.807, 2.05) is 20.8 Å². The Balaban J connectivity index is 4.80. The molecule has 0 aliphatic heterocycles. The number of aliphatic hydroxyl groups excluding tert-OH is 1. The molecule has 0 aliphatic carbocycles. The van der Waals surface area contributed by atoms with Gasteiger partial charge in [-0.15, -0.1) is 0 Å². The normalized spacial score (nSPS) is 12.2. The third kappa shape index (κ3) is 5.46. The van der Waals surface area contributed by atoms with Crippen molar-refractivity contribution in [2.24, 2.45) is 5.92 Å². The predicted molar refractivity (Wildman–Crippen MR) is 72.8 cm³/mol. The second kappa shape index (κ2) is 8.74. The monoisotopic (exact) mass is 274 g/mol. The molecule has 112 valence electrons. The number of amides is 2. The number of carbonyl (C=O) groups is 2.